The summed E-state index contributed by atoms with van der Waals surface area (Å²) < 4.78 is 38.7. The quantitative estimate of drug-likeness (QED) is 0.437. The molecule has 1 aliphatic heterocycles. The first-order chi connectivity index (χ1) is 15.5. The Morgan fingerprint density at radius 1 is 1.06 bits per heavy atom. The van der Waals surface area contributed by atoms with Crippen LogP contribution in [-0.4, -0.2) is 25.4 Å². The lowest BCUT2D eigenvalue weighted by Crippen LogP contribution is -2.11. The molecule has 5 rings (SSSR count). The van der Waals surface area contributed by atoms with Crippen molar-refractivity contribution in [1.82, 2.24) is 5.16 Å². The summed E-state index contributed by atoms with van der Waals surface area (Å²) in [6.07, 6.45) is 0. The van der Waals surface area contributed by atoms with Crippen LogP contribution in [0, 0.1) is 0 Å². The Morgan fingerprint density at radius 2 is 1.88 bits per heavy atom. The average molecular weight is 466 g/mol. The van der Waals surface area contributed by atoms with Gasteiger partial charge in [-0.1, -0.05) is 23.4 Å². The van der Waals surface area contributed by atoms with Crippen molar-refractivity contribution in [3.05, 3.63) is 88.9 Å². The third kappa shape index (κ3) is 3.93. The molecule has 0 atom stereocenters. The van der Waals surface area contributed by atoms with Gasteiger partial charge in [-0.3, -0.25) is 0 Å². The molecule has 0 fully saturated rings. The van der Waals surface area contributed by atoms with Crippen LogP contribution in [0.25, 0.3) is 10.6 Å². The van der Waals surface area contributed by atoms with Crippen molar-refractivity contribution < 1.29 is 22.5 Å². The predicted molar refractivity (Wildman–Crippen MR) is 119 cm³/mol. The Hall–Kier alpha value is -3.76. The highest BCUT2D eigenvalue weighted by molar-refractivity contribution is 7.90. The van der Waals surface area contributed by atoms with Gasteiger partial charge in [0, 0.05) is 17.3 Å². The molecule has 3 heterocycles. The molecule has 0 radical (unpaired) electrons. The molecule has 4 aromatic rings. The summed E-state index contributed by atoms with van der Waals surface area (Å²) in [7, 11) is -3.70. The van der Waals surface area contributed by atoms with Crippen LogP contribution in [0.1, 0.15) is 21.6 Å². The van der Waals surface area contributed by atoms with Gasteiger partial charge in [-0.05, 0) is 47.8 Å². The van der Waals surface area contributed by atoms with Crippen molar-refractivity contribution in [2.75, 3.05) is 5.32 Å². The molecule has 32 heavy (non-hydrogen) atoms. The number of benzene rings is 2. The normalized spacial score (nSPS) is 13.9. The van der Waals surface area contributed by atoms with Crippen molar-refractivity contribution >= 4 is 38.9 Å². The molecule has 10 heteroatoms. The monoisotopic (exact) mass is 465 g/mol. The van der Waals surface area contributed by atoms with Gasteiger partial charge < -0.3 is 14.6 Å². The van der Waals surface area contributed by atoms with Gasteiger partial charge in [0.1, 0.15) is 17.2 Å². The first-order valence-electron chi connectivity index (χ1n) is 9.48. The number of nitrogens with one attached hydrogen (secondary N) is 1. The number of nitrogens with zero attached hydrogens (tertiary/aromatic N) is 2. The molecule has 0 saturated heterocycles. The van der Waals surface area contributed by atoms with Crippen LogP contribution in [0.15, 0.2) is 85.9 Å². The van der Waals surface area contributed by atoms with Crippen molar-refractivity contribution in [3.63, 3.8) is 0 Å². The fourth-order valence-corrected chi connectivity index (χ4v) is 5.01. The van der Waals surface area contributed by atoms with Gasteiger partial charge in [0.25, 0.3) is 10.0 Å². The van der Waals surface area contributed by atoms with Crippen LogP contribution in [0.2, 0.25) is 0 Å². The second-order valence-electron chi connectivity index (χ2n) is 6.85. The van der Waals surface area contributed by atoms with E-state index in [4.69, 9.17) is 9.26 Å². The van der Waals surface area contributed by atoms with Gasteiger partial charge in [0.05, 0.1) is 10.4 Å². The standard InChI is InChI=1S/C22H15N3O5S2/c26-22(29-13-16-12-18(30-24-16)19-5-3-11-31-19)14-7-9-15(10-8-14)23-21-17-4-1-2-6-20(17)32(27,28)25-21/h1-12H,13H2,(H,23,25). The lowest BCUT2D eigenvalue weighted by Gasteiger charge is -2.07. The smallest absolute Gasteiger partial charge is 0.338 e. The number of amidine groups is 1. The number of carbonyl (C=O) groups excluding carboxylic acids is 1. The molecule has 0 spiro atoms. The fourth-order valence-electron chi connectivity index (χ4n) is 3.16. The first-order valence-corrected chi connectivity index (χ1v) is 11.8. The van der Waals surface area contributed by atoms with Crippen LogP contribution in [0.4, 0.5) is 5.69 Å². The molecule has 160 valence electrons. The minimum atomic E-state index is -3.70. The number of hydrogen-bond donors (Lipinski definition) is 1. The Balaban J connectivity index is 1.23. The number of aromatic nitrogens is 1. The molecule has 0 aliphatic carbocycles. The van der Waals surface area contributed by atoms with Gasteiger partial charge in [-0.25, -0.2) is 4.79 Å². The Bertz CT molecular complexity index is 1420. The van der Waals surface area contributed by atoms with Crippen molar-refractivity contribution in [3.8, 4) is 10.6 Å². The van der Waals surface area contributed by atoms with E-state index in [0.717, 1.165) is 4.88 Å². The number of anilines is 1. The van der Waals surface area contributed by atoms with Crippen molar-refractivity contribution in [1.29, 1.82) is 0 Å². The number of carbonyl (C=O) groups is 1. The number of sulfonamides is 1. The maximum atomic E-state index is 12.4. The zero-order chi connectivity index (χ0) is 22.1. The van der Waals surface area contributed by atoms with Gasteiger partial charge in [0.2, 0.25) is 0 Å². The lowest BCUT2D eigenvalue weighted by molar-refractivity contribution is 0.0464. The summed E-state index contributed by atoms with van der Waals surface area (Å²) >= 11 is 1.53. The zero-order valence-electron chi connectivity index (χ0n) is 16.4. The van der Waals surface area contributed by atoms with Crippen LogP contribution >= 0.6 is 11.3 Å². The minimum Gasteiger partial charge on any atom is -0.455 e. The van der Waals surface area contributed by atoms with Gasteiger partial charge in [-0.15, -0.1) is 15.7 Å². The Morgan fingerprint density at radius 3 is 2.66 bits per heavy atom. The molecule has 0 unspecified atom stereocenters. The molecule has 2 aromatic carbocycles. The molecule has 8 nitrogen and oxygen atoms in total. The third-order valence-corrected chi connectivity index (χ3v) is 6.91. The first kappa shape index (κ1) is 20.2. The Kier molecular flexibility index (Phi) is 5.08. The molecular formula is C22H15N3O5S2. The van der Waals surface area contributed by atoms with Crippen LogP contribution in [0.5, 0.6) is 0 Å². The second kappa shape index (κ2) is 8.06. The molecule has 2 aromatic heterocycles. The maximum absolute atomic E-state index is 12.4. The second-order valence-corrected chi connectivity index (χ2v) is 9.37. The summed E-state index contributed by atoms with van der Waals surface area (Å²) in [5, 5.41) is 8.85. The number of ether oxygens (including phenoxy) is 1. The third-order valence-electron chi connectivity index (χ3n) is 4.69. The van der Waals surface area contributed by atoms with E-state index >= 15 is 0 Å². The van der Waals surface area contributed by atoms with E-state index in [1.807, 2.05) is 17.5 Å². The number of hydrogen-bond acceptors (Lipinski definition) is 8. The van der Waals surface area contributed by atoms with E-state index < -0.39 is 16.0 Å². The molecule has 0 saturated carbocycles. The van der Waals surface area contributed by atoms with Crippen LogP contribution in [0.3, 0.4) is 0 Å². The van der Waals surface area contributed by atoms with E-state index in [1.54, 1.807) is 48.5 Å². The highest BCUT2D eigenvalue weighted by atomic mass is 32.2. The van der Waals surface area contributed by atoms with Crippen LogP contribution < -0.4 is 5.32 Å². The highest BCUT2D eigenvalue weighted by Crippen LogP contribution is 2.27. The summed E-state index contributed by atoms with van der Waals surface area (Å²) in [4.78, 5) is 13.5. The maximum Gasteiger partial charge on any atom is 0.338 e. The summed E-state index contributed by atoms with van der Waals surface area (Å²) in [5.74, 6) is 0.353. The van der Waals surface area contributed by atoms with E-state index in [2.05, 4.69) is 14.9 Å². The molecular weight excluding hydrogens is 450 g/mol. The number of thiophene rings is 1. The molecule has 1 N–H and O–H groups in total. The van der Waals surface area contributed by atoms with Gasteiger partial charge in [0.15, 0.2) is 11.6 Å². The Labute approximate surface area is 187 Å². The largest absolute Gasteiger partial charge is 0.455 e. The summed E-state index contributed by atoms with van der Waals surface area (Å²) in [5.41, 5.74) is 1.95. The zero-order valence-corrected chi connectivity index (χ0v) is 18.0. The minimum absolute atomic E-state index is 0.0147. The highest BCUT2D eigenvalue weighted by Gasteiger charge is 2.28. The summed E-state index contributed by atoms with van der Waals surface area (Å²) in [6.45, 7) is -0.0147. The van der Waals surface area contributed by atoms with Crippen molar-refractivity contribution in [2.45, 2.75) is 11.5 Å². The summed E-state index contributed by atoms with van der Waals surface area (Å²) in [6, 6.07) is 18.6. The van der Waals surface area contributed by atoms with Crippen LogP contribution in [-0.2, 0) is 21.4 Å². The SMILES string of the molecule is O=C(OCc1cc(-c2cccs2)on1)c1ccc(NC2=NS(=O)(=O)c3ccccc32)cc1. The molecule has 0 amide bonds. The van der Waals surface area contributed by atoms with E-state index in [1.165, 1.54) is 17.4 Å². The van der Waals surface area contributed by atoms with E-state index in [-0.39, 0.29) is 17.3 Å². The van der Waals surface area contributed by atoms with E-state index in [0.29, 0.717) is 28.3 Å². The molecule has 1 aliphatic rings. The number of esters is 1. The number of rotatable bonds is 5. The predicted octanol–water partition coefficient (Wildman–Crippen LogP) is 4.32. The van der Waals surface area contributed by atoms with Gasteiger partial charge >= 0.3 is 5.97 Å². The van der Waals surface area contributed by atoms with E-state index in [9.17, 15) is 13.2 Å². The van der Waals surface area contributed by atoms with Gasteiger partial charge in [-0.2, -0.15) is 8.42 Å². The van der Waals surface area contributed by atoms with Crippen molar-refractivity contribution in [2.24, 2.45) is 4.40 Å². The average Bonchev–Trinajstić information content (AvgIpc) is 3.53. The topological polar surface area (TPSA) is 111 Å². The fraction of sp³-hybridized carbons (Fsp3) is 0.0455. The molecule has 0 bridgehead atoms. The number of fused-ring (bicyclic) bond motifs is 1. The lowest BCUT2D eigenvalue weighted by atomic mass is 10.1.